The Kier molecular flexibility index (Phi) is 6.97. The van der Waals surface area contributed by atoms with Crippen LogP contribution in [0.15, 0.2) is 42.6 Å². The van der Waals surface area contributed by atoms with Crippen LogP contribution in [0.3, 0.4) is 0 Å². The van der Waals surface area contributed by atoms with Gasteiger partial charge in [-0.2, -0.15) is 0 Å². The molecule has 4 rings (SSSR count). The SMILES string of the molecule is CCCS(=O)Nc1ccc(F)c(C(=O)c2c[nH]c3c2C=C(c2ccc(C(C)C)cc2)CN3)c1F. The summed E-state index contributed by atoms with van der Waals surface area (Å²) in [7, 11) is -1.53. The van der Waals surface area contributed by atoms with E-state index in [1.807, 2.05) is 25.1 Å². The molecule has 2 heterocycles. The maximum atomic E-state index is 15.2. The zero-order chi connectivity index (χ0) is 24.4. The van der Waals surface area contributed by atoms with E-state index in [0.717, 1.165) is 23.3 Å². The second kappa shape index (κ2) is 9.93. The Morgan fingerprint density at radius 1 is 1.15 bits per heavy atom. The number of rotatable bonds is 8. The number of ketones is 1. The fourth-order valence-electron chi connectivity index (χ4n) is 3.93. The molecule has 0 radical (unpaired) electrons. The van der Waals surface area contributed by atoms with Crippen LogP contribution in [0.25, 0.3) is 11.6 Å². The van der Waals surface area contributed by atoms with E-state index >= 15 is 4.39 Å². The average molecular weight is 484 g/mol. The molecule has 178 valence electrons. The van der Waals surface area contributed by atoms with Crippen LogP contribution < -0.4 is 10.0 Å². The number of anilines is 2. The van der Waals surface area contributed by atoms with Crippen molar-refractivity contribution in [3.63, 3.8) is 0 Å². The molecule has 0 aliphatic carbocycles. The first kappa shape index (κ1) is 23.9. The first-order valence-corrected chi connectivity index (χ1v) is 12.6. The molecule has 1 unspecified atom stereocenters. The molecule has 3 N–H and O–H groups in total. The monoisotopic (exact) mass is 483 g/mol. The first-order valence-electron chi connectivity index (χ1n) is 11.2. The second-order valence-corrected chi connectivity index (χ2v) is 9.86. The Labute approximate surface area is 200 Å². The summed E-state index contributed by atoms with van der Waals surface area (Å²) >= 11 is 0. The Bertz CT molecular complexity index is 1280. The number of hydrogen-bond acceptors (Lipinski definition) is 3. The van der Waals surface area contributed by atoms with E-state index in [4.69, 9.17) is 0 Å². The van der Waals surface area contributed by atoms with Gasteiger partial charge >= 0.3 is 0 Å². The Balaban J connectivity index is 1.69. The van der Waals surface area contributed by atoms with Gasteiger partial charge in [-0.05, 0) is 47.2 Å². The Morgan fingerprint density at radius 2 is 1.88 bits per heavy atom. The van der Waals surface area contributed by atoms with Crippen molar-refractivity contribution in [1.82, 2.24) is 4.98 Å². The number of carbonyl (C=O) groups is 1. The average Bonchev–Trinajstić information content (AvgIpc) is 3.24. The predicted octanol–water partition coefficient (Wildman–Crippen LogP) is 6.10. The fourth-order valence-corrected chi connectivity index (χ4v) is 4.80. The summed E-state index contributed by atoms with van der Waals surface area (Å²) in [5.41, 5.74) is 3.05. The van der Waals surface area contributed by atoms with E-state index in [-0.39, 0.29) is 11.3 Å². The summed E-state index contributed by atoms with van der Waals surface area (Å²) in [5, 5.41) is 3.24. The molecule has 5 nitrogen and oxygen atoms in total. The minimum Gasteiger partial charge on any atom is -0.367 e. The van der Waals surface area contributed by atoms with Gasteiger partial charge < -0.3 is 15.0 Å². The van der Waals surface area contributed by atoms with Crippen LogP contribution >= 0.6 is 0 Å². The topological polar surface area (TPSA) is 74.0 Å². The fraction of sp³-hybridized carbons (Fsp3) is 0.269. The van der Waals surface area contributed by atoms with Crippen LogP contribution in [0.4, 0.5) is 20.3 Å². The van der Waals surface area contributed by atoms with Crippen molar-refractivity contribution in [3.8, 4) is 0 Å². The minimum atomic E-state index is -1.53. The van der Waals surface area contributed by atoms with Gasteiger partial charge in [-0.3, -0.25) is 4.79 Å². The van der Waals surface area contributed by atoms with Gasteiger partial charge in [0, 0.05) is 29.6 Å². The van der Waals surface area contributed by atoms with Crippen molar-refractivity contribution < 1.29 is 17.8 Å². The van der Waals surface area contributed by atoms with Crippen LogP contribution in [0.5, 0.6) is 0 Å². The highest BCUT2D eigenvalue weighted by atomic mass is 32.2. The Hall–Kier alpha value is -3.26. The molecule has 2 aromatic carbocycles. The first-order chi connectivity index (χ1) is 16.3. The number of halogens is 2. The lowest BCUT2D eigenvalue weighted by Crippen LogP contribution is -2.15. The van der Waals surface area contributed by atoms with Gasteiger partial charge in [-0.15, -0.1) is 0 Å². The van der Waals surface area contributed by atoms with Crippen molar-refractivity contribution >= 4 is 39.9 Å². The summed E-state index contributed by atoms with van der Waals surface area (Å²) in [5.74, 6) is -1.47. The van der Waals surface area contributed by atoms with E-state index in [9.17, 15) is 13.4 Å². The molecule has 0 spiro atoms. The number of aromatic amines is 1. The van der Waals surface area contributed by atoms with E-state index in [1.165, 1.54) is 11.8 Å². The number of hydrogen-bond donors (Lipinski definition) is 3. The third-order valence-corrected chi connectivity index (χ3v) is 7.05. The molecule has 0 fully saturated rings. The van der Waals surface area contributed by atoms with Crippen molar-refractivity contribution in [2.45, 2.75) is 33.1 Å². The van der Waals surface area contributed by atoms with Crippen molar-refractivity contribution in [2.24, 2.45) is 0 Å². The lowest BCUT2D eigenvalue weighted by Gasteiger charge is -2.18. The zero-order valence-corrected chi connectivity index (χ0v) is 20.1. The Morgan fingerprint density at radius 3 is 2.56 bits per heavy atom. The molecule has 0 bridgehead atoms. The van der Waals surface area contributed by atoms with Crippen LogP contribution in [0, 0.1) is 11.6 Å². The number of H-pyrrole nitrogens is 1. The molecule has 0 saturated heterocycles. The third-order valence-electron chi connectivity index (χ3n) is 5.82. The van der Waals surface area contributed by atoms with Gasteiger partial charge in [0.25, 0.3) is 0 Å². The molecule has 1 aliphatic rings. The standard InChI is InChI=1S/C26H27F2N3O2S/c1-4-11-34(33)31-22-10-9-21(27)23(24(22)28)25(32)20-14-30-26-19(20)12-18(13-29-26)17-7-5-16(6-8-17)15(2)3/h5-10,12,14-15,29-31H,4,11,13H2,1-3H3. The number of benzene rings is 2. The summed E-state index contributed by atoms with van der Waals surface area (Å²) in [6, 6.07) is 10.4. The molecule has 0 amide bonds. The van der Waals surface area contributed by atoms with Gasteiger partial charge in [0.1, 0.15) is 22.6 Å². The smallest absolute Gasteiger partial charge is 0.201 e. The van der Waals surface area contributed by atoms with Crippen molar-refractivity contribution in [1.29, 1.82) is 0 Å². The highest BCUT2D eigenvalue weighted by Gasteiger charge is 2.27. The van der Waals surface area contributed by atoms with Crippen LogP contribution in [0.1, 0.15) is 65.7 Å². The number of carbonyl (C=O) groups excluding carboxylic acids is 1. The van der Waals surface area contributed by atoms with E-state index < -0.39 is 34.0 Å². The highest BCUT2D eigenvalue weighted by Crippen LogP contribution is 2.33. The number of nitrogens with one attached hydrogen (secondary N) is 3. The van der Waals surface area contributed by atoms with E-state index in [1.54, 1.807) is 0 Å². The predicted molar refractivity (Wildman–Crippen MR) is 134 cm³/mol. The molecule has 1 aliphatic heterocycles. The molecule has 8 heteroatoms. The maximum Gasteiger partial charge on any atom is 0.201 e. The molecule has 1 atom stereocenters. The summed E-state index contributed by atoms with van der Waals surface area (Å²) in [6.07, 6.45) is 3.95. The lowest BCUT2D eigenvalue weighted by molar-refractivity contribution is 0.103. The molecule has 0 saturated carbocycles. The second-order valence-electron chi connectivity index (χ2n) is 8.56. The quantitative estimate of drug-likeness (QED) is 0.339. The normalized spacial score (nSPS) is 13.8. The number of fused-ring (bicyclic) bond motifs is 1. The molecule has 34 heavy (non-hydrogen) atoms. The minimum absolute atomic E-state index is 0.156. The van der Waals surface area contributed by atoms with Crippen LogP contribution in [0.2, 0.25) is 0 Å². The van der Waals surface area contributed by atoms with Crippen molar-refractivity contribution in [3.05, 3.63) is 82.0 Å². The van der Waals surface area contributed by atoms with Crippen LogP contribution in [-0.4, -0.2) is 27.3 Å². The van der Waals surface area contributed by atoms with Crippen LogP contribution in [-0.2, 0) is 11.0 Å². The maximum absolute atomic E-state index is 15.2. The van der Waals surface area contributed by atoms with E-state index in [0.29, 0.717) is 36.0 Å². The summed E-state index contributed by atoms with van der Waals surface area (Å²) < 4.78 is 44.3. The molecular formula is C26H27F2N3O2S. The molecular weight excluding hydrogens is 456 g/mol. The van der Waals surface area contributed by atoms with E-state index in [2.05, 4.69) is 41.0 Å². The molecule has 1 aromatic heterocycles. The zero-order valence-electron chi connectivity index (χ0n) is 19.3. The van der Waals surface area contributed by atoms with Gasteiger partial charge in [0.15, 0.2) is 5.82 Å². The van der Waals surface area contributed by atoms with Gasteiger partial charge in [-0.1, -0.05) is 45.0 Å². The highest BCUT2D eigenvalue weighted by molar-refractivity contribution is 7.86. The van der Waals surface area contributed by atoms with Gasteiger partial charge in [0.05, 0.1) is 11.3 Å². The number of aromatic nitrogens is 1. The van der Waals surface area contributed by atoms with Gasteiger partial charge in [-0.25, -0.2) is 13.0 Å². The molecule has 3 aromatic rings. The lowest BCUT2D eigenvalue weighted by atomic mass is 9.94. The largest absolute Gasteiger partial charge is 0.367 e. The van der Waals surface area contributed by atoms with Crippen molar-refractivity contribution in [2.75, 3.05) is 22.3 Å². The van der Waals surface area contributed by atoms with Gasteiger partial charge in [0.2, 0.25) is 5.78 Å². The third kappa shape index (κ3) is 4.68. The summed E-state index contributed by atoms with van der Waals surface area (Å²) in [6.45, 7) is 6.65. The summed E-state index contributed by atoms with van der Waals surface area (Å²) in [4.78, 5) is 16.3.